The lowest BCUT2D eigenvalue weighted by atomic mass is 9.81. The first-order valence-electron chi connectivity index (χ1n) is 4.07. The summed E-state index contributed by atoms with van der Waals surface area (Å²) in [5.41, 5.74) is 0. The van der Waals surface area contributed by atoms with Crippen LogP contribution in [0.5, 0.6) is 0 Å². The molecule has 2 atom stereocenters. The van der Waals surface area contributed by atoms with Crippen molar-refractivity contribution in [3.8, 4) is 0 Å². The maximum Gasteiger partial charge on any atom is 0.158 e. The van der Waals surface area contributed by atoms with E-state index in [4.69, 9.17) is 0 Å². The highest BCUT2D eigenvalue weighted by Gasteiger charge is 2.22. The zero-order valence-corrected chi connectivity index (χ0v) is 6.92. The Balaban J connectivity index is 2.61. The van der Waals surface area contributed by atoms with Gasteiger partial charge >= 0.3 is 0 Å². The molecule has 0 bridgehead atoms. The van der Waals surface area contributed by atoms with E-state index in [1.54, 1.807) is 6.08 Å². The molecule has 0 aromatic heterocycles. The van der Waals surface area contributed by atoms with Crippen LogP contribution in [0.15, 0.2) is 24.8 Å². The topological polar surface area (TPSA) is 17.1 Å². The van der Waals surface area contributed by atoms with Crippen LogP contribution in [0.1, 0.15) is 19.8 Å². The summed E-state index contributed by atoms with van der Waals surface area (Å²) < 4.78 is 0. The minimum atomic E-state index is 0.193. The second kappa shape index (κ2) is 3.51. The SMILES string of the molecule is C=CCC1CC=CC(=O)C1C. The van der Waals surface area contributed by atoms with Crippen LogP contribution in [0.2, 0.25) is 0 Å². The molecular weight excluding hydrogens is 136 g/mol. The van der Waals surface area contributed by atoms with E-state index in [0.29, 0.717) is 5.92 Å². The predicted molar refractivity (Wildman–Crippen MR) is 46.2 cm³/mol. The van der Waals surface area contributed by atoms with Crippen LogP contribution < -0.4 is 0 Å². The summed E-state index contributed by atoms with van der Waals surface area (Å²) in [5.74, 6) is 0.950. The molecule has 0 N–H and O–H groups in total. The van der Waals surface area contributed by atoms with Gasteiger partial charge in [0.1, 0.15) is 0 Å². The third-order valence-electron chi connectivity index (χ3n) is 2.35. The van der Waals surface area contributed by atoms with Crippen LogP contribution in [0.3, 0.4) is 0 Å². The summed E-state index contributed by atoms with van der Waals surface area (Å²) >= 11 is 0. The highest BCUT2D eigenvalue weighted by Crippen LogP contribution is 2.25. The molecular formula is C10H14O. The number of carbonyl (C=O) groups excluding carboxylic acids is 1. The Kier molecular flexibility index (Phi) is 2.64. The zero-order valence-electron chi connectivity index (χ0n) is 6.92. The molecule has 0 amide bonds. The van der Waals surface area contributed by atoms with Crippen molar-refractivity contribution in [3.05, 3.63) is 24.8 Å². The van der Waals surface area contributed by atoms with Crippen molar-refractivity contribution in [1.29, 1.82) is 0 Å². The largest absolute Gasteiger partial charge is 0.295 e. The van der Waals surface area contributed by atoms with E-state index in [-0.39, 0.29) is 11.7 Å². The molecule has 0 spiro atoms. The first-order valence-corrected chi connectivity index (χ1v) is 4.07. The quantitative estimate of drug-likeness (QED) is 0.552. The van der Waals surface area contributed by atoms with Crippen LogP contribution in [0.4, 0.5) is 0 Å². The minimum Gasteiger partial charge on any atom is -0.295 e. The van der Waals surface area contributed by atoms with E-state index in [0.717, 1.165) is 12.8 Å². The molecule has 1 aliphatic carbocycles. The lowest BCUT2D eigenvalue weighted by Gasteiger charge is -2.22. The van der Waals surface area contributed by atoms with Crippen molar-refractivity contribution >= 4 is 5.78 Å². The normalized spacial score (nSPS) is 30.5. The number of rotatable bonds is 2. The fourth-order valence-electron chi connectivity index (χ4n) is 1.46. The third-order valence-corrected chi connectivity index (χ3v) is 2.35. The van der Waals surface area contributed by atoms with Gasteiger partial charge in [-0.3, -0.25) is 4.79 Å². The zero-order chi connectivity index (χ0) is 8.27. The van der Waals surface area contributed by atoms with E-state index < -0.39 is 0 Å². The van der Waals surface area contributed by atoms with Crippen LogP contribution in [0.25, 0.3) is 0 Å². The van der Waals surface area contributed by atoms with Crippen LogP contribution >= 0.6 is 0 Å². The second-order valence-electron chi connectivity index (χ2n) is 3.11. The first kappa shape index (κ1) is 8.25. The molecule has 1 rings (SSSR count). The molecule has 0 fully saturated rings. The van der Waals surface area contributed by atoms with Crippen molar-refractivity contribution < 1.29 is 4.79 Å². The fourth-order valence-corrected chi connectivity index (χ4v) is 1.46. The van der Waals surface area contributed by atoms with Gasteiger partial charge in [0.15, 0.2) is 5.78 Å². The Labute approximate surface area is 67.8 Å². The molecule has 60 valence electrons. The van der Waals surface area contributed by atoms with Gasteiger partial charge in [0, 0.05) is 5.92 Å². The highest BCUT2D eigenvalue weighted by atomic mass is 16.1. The maximum atomic E-state index is 11.2. The van der Waals surface area contributed by atoms with Crippen molar-refractivity contribution in [2.45, 2.75) is 19.8 Å². The molecule has 1 nitrogen and oxygen atoms in total. The molecule has 1 aliphatic rings. The predicted octanol–water partition coefficient (Wildman–Crippen LogP) is 2.34. The van der Waals surface area contributed by atoms with Crippen molar-refractivity contribution in [3.63, 3.8) is 0 Å². The molecule has 0 aromatic carbocycles. The van der Waals surface area contributed by atoms with Gasteiger partial charge in [-0.15, -0.1) is 6.58 Å². The van der Waals surface area contributed by atoms with E-state index >= 15 is 0 Å². The summed E-state index contributed by atoms with van der Waals surface area (Å²) in [4.78, 5) is 11.2. The Bertz CT molecular complexity index is 191. The molecule has 0 radical (unpaired) electrons. The smallest absolute Gasteiger partial charge is 0.158 e. The molecule has 0 aliphatic heterocycles. The summed E-state index contributed by atoms with van der Waals surface area (Å²) in [6, 6.07) is 0. The number of carbonyl (C=O) groups is 1. The maximum absolute atomic E-state index is 11.2. The number of hydrogen-bond acceptors (Lipinski definition) is 1. The summed E-state index contributed by atoms with van der Waals surface area (Å²) in [5, 5.41) is 0. The average Bonchev–Trinajstić information content (AvgIpc) is 1.99. The monoisotopic (exact) mass is 150 g/mol. The number of allylic oxidation sites excluding steroid dienone is 3. The van der Waals surface area contributed by atoms with Gasteiger partial charge < -0.3 is 0 Å². The van der Waals surface area contributed by atoms with E-state index in [1.807, 2.05) is 19.1 Å². The Hall–Kier alpha value is -0.850. The standard InChI is InChI=1S/C10H14O/c1-3-5-9-6-4-7-10(11)8(9)2/h3-4,7-9H,1,5-6H2,2H3. The molecule has 2 unspecified atom stereocenters. The highest BCUT2D eigenvalue weighted by molar-refractivity contribution is 5.92. The Morgan fingerprint density at radius 2 is 2.55 bits per heavy atom. The van der Waals surface area contributed by atoms with Crippen molar-refractivity contribution in [2.75, 3.05) is 0 Å². The van der Waals surface area contributed by atoms with Crippen LogP contribution in [-0.2, 0) is 4.79 Å². The van der Waals surface area contributed by atoms with Gasteiger partial charge in [-0.2, -0.15) is 0 Å². The molecule has 0 saturated heterocycles. The van der Waals surface area contributed by atoms with Gasteiger partial charge in [-0.05, 0) is 24.8 Å². The Morgan fingerprint density at radius 1 is 1.82 bits per heavy atom. The third kappa shape index (κ3) is 1.79. The number of ketones is 1. The van der Waals surface area contributed by atoms with E-state index in [9.17, 15) is 4.79 Å². The van der Waals surface area contributed by atoms with Gasteiger partial charge in [-0.1, -0.05) is 19.1 Å². The molecule has 0 heterocycles. The van der Waals surface area contributed by atoms with Gasteiger partial charge in [0.2, 0.25) is 0 Å². The average molecular weight is 150 g/mol. The fraction of sp³-hybridized carbons (Fsp3) is 0.500. The lowest BCUT2D eigenvalue weighted by molar-refractivity contribution is -0.119. The number of hydrogen-bond donors (Lipinski definition) is 0. The van der Waals surface area contributed by atoms with Crippen molar-refractivity contribution in [2.24, 2.45) is 11.8 Å². The minimum absolute atomic E-state index is 0.193. The van der Waals surface area contributed by atoms with Crippen LogP contribution in [0, 0.1) is 11.8 Å². The molecule has 1 heteroatoms. The van der Waals surface area contributed by atoms with Crippen LogP contribution in [-0.4, -0.2) is 5.78 Å². The van der Waals surface area contributed by atoms with Gasteiger partial charge in [-0.25, -0.2) is 0 Å². The summed E-state index contributed by atoms with van der Waals surface area (Å²) in [7, 11) is 0. The molecule has 0 aromatic rings. The first-order chi connectivity index (χ1) is 5.25. The summed E-state index contributed by atoms with van der Waals surface area (Å²) in [6.07, 6.45) is 7.55. The Morgan fingerprint density at radius 3 is 3.18 bits per heavy atom. The lowest BCUT2D eigenvalue weighted by Crippen LogP contribution is -2.21. The van der Waals surface area contributed by atoms with E-state index in [2.05, 4.69) is 6.58 Å². The summed E-state index contributed by atoms with van der Waals surface area (Å²) in [6.45, 7) is 5.68. The second-order valence-corrected chi connectivity index (χ2v) is 3.11. The van der Waals surface area contributed by atoms with E-state index in [1.165, 1.54) is 0 Å². The van der Waals surface area contributed by atoms with Gasteiger partial charge in [0.05, 0.1) is 0 Å². The van der Waals surface area contributed by atoms with Crippen molar-refractivity contribution in [1.82, 2.24) is 0 Å². The van der Waals surface area contributed by atoms with Gasteiger partial charge in [0.25, 0.3) is 0 Å². The molecule has 11 heavy (non-hydrogen) atoms. The molecule has 0 saturated carbocycles.